The number of ether oxygens (including phenoxy) is 2. The molecule has 58 heavy (non-hydrogen) atoms. The van der Waals surface area contributed by atoms with Gasteiger partial charge in [-0.25, -0.2) is 9.59 Å². The van der Waals surface area contributed by atoms with Crippen LogP contribution in [0.15, 0.2) is 0 Å². The highest BCUT2D eigenvalue weighted by molar-refractivity contribution is 6.29. The molecule has 0 saturated heterocycles. The molecular weight excluding hydrogens is 713 g/mol. The average Bonchev–Trinajstić information content (AvgIpc) is 3.23. The Hall–Kier alpha value is -1.06. The largest absolute Gasteiger partial charge is 0.457 e. The summed E-state index contributed by atoms with van der Waals surface area (Å²) in [6, 6.07) is 0. The Morgan fingerprint density at radius 3 is 0.466 bits per heavy atom. The van der Waals surface area contributed by atoms with Gasteiger partial charge in [0.25, 0.3) is 0 Å². The number of rotatable bonds is 50. The van der Waals surface area contributed by atoms with E-state index in [1.165, 1.54) is 283 Å². The lowest BCUT2D eigenvalue weighted by Gasteiger charge is -2.06. The van der Waals surface area contributed by atoms with Crippen LogP contribution in [0.5, 0.6) is 0 Å². The number of hydrogen-bond acceptors (Lipinski definition) is 4. The molecule has 0 aliphatic heterocycles. The molecule has 0 atom stereocenters. The van der Waals surface area contributed by atoms with E-state index in [9.17, 15) is 9.59 Å². The molecule has 0 aliphatic carbocycles. The molecule has 0 N–H and O–H groups in total. The minimum atomic E-state index is -0.821. The van der Waals surface area contributed by atoms with E-state index in [0.29, 0.717) is 13.2 Å². The van der Waals surface area contributed by atoms with E-state index < -0.39 is 11.9 Å². The van der Waals surface area contributed by atoms with Crippen LogP contribution in [0.25, 0.3) is 0 Å². The maximum Gasteiger partial charge on any atom is 0.417 e. The number of carbonyl (C=O) groups excluding carboxylic acids is 2. The molecule has 0 fully saturated rings. The molecule has 0 heterocycles. The molecule has 0 radical (unpaired) electrons. The van der Waals surface area contributed by atoms with Crippen molar-refractivity contribution < 1.29 is 19.1 Å². The molecule has 0 unspecified atom stereocenters. The second-order valence-electron chi connectivity index (χ2n) is 18.5. The second-order valence-corrected chi connectivity index (χ2v) is 18.5. The van der Waals surface area contributed by atoms with Crippen molar-refractivity contribution >= 4 is 11.9 Å². The van der Waals surface area contributed by atoms with Gasteiger partial charge >= 0.3 is 11.9 Å². The Morgan fingerprint density at radius 1 is 0.207 bits per heavy atom. The molecule has 0 aromatic heterocycles. The molecule has 0 amide bonds. The van der Waals surface area contributed by atoms with Crippen LogP contribution in [0.3, 0.4) is 0 Å². The Balaban J connectivity index is 3.23. The molecule has 0 bridgehead atoms. The molecule has 4 nitrogen and oxygen atoms in total. The number of hydrogen-bond donors (Lipinski definition) is 0. The highest BCUT2D eigenvalue weighted by Crippen LogP contribution is 2.18. The minimum Gasteiger partial charge on any atom is -0.457 e. The Kier molecular flexibility index (Phi) is 51.1. The van der Waals surface area contributed by atoms with Crippen molar-refractivity contribution in [2.45, 2.75) is 322 Å². The van der Waals surface area contributed by atoms with E-state index in [4.69, 9.17) is 9.47 Å². The van der Waals surface area contributed by atoms with Gasteiger partial charge in [-0.15, -0.1) is 0 Å². The van der Waals surface area contributed by atoms with Crippen molar-refractivity contribution in [3.8, 4) is 0 Å². The molecule has 0 aromatic rings. The Bertz CT molecular complexity index is 717. The van der Waals surface area contributed by atoms with Crippen molar-refractivity contribution in [2.24, 2.45) is 0 Å². The lowest BCUT2D eigenvalue weighted by atomic mass is 10.0. The van der Waals surface area contributed by atoms with Gasteiger partial charge in [0, 0.05) is 0 Å². The highest BCUT2D eigenvalue weighted by Gasteiger charge is 2.16. The third-order valence-electron chi connectivity index (χ3n) is 12.6. The third-order valence-corrected chi connectivity index (χ3v) is 12.6. The van der Waals surface area contributed by atoms with Gasteiger partial charge in [-0.1, -0.05) is 309 Å². The van der Waals surface area contributed by atoms with Crippen LogP contribution in [-0.2, 0) is 19.1 Å². The van der Waals surface area contributed by atoms with Crippen LogP contribution in [0, 0.1) is 0 Å². The van der Waals surface area contributed by atoms with E-state index in [1.54, 1.807) is 0 Å². The lowest BCUT2D eigenvalue weighted by molar-refractivity contribution is -0.167. The molecule has 0 spiro atoms. The topological polar surface area (TPSA) is 52.6 Å². The molecule has 0 aromatic carbocycles. The number of carbonyl (C=O) groups is 2. The predicted octanol–water partition coefficient (Wildman–Crippen LogP) is 18.8. The van der Waals surface area contributed by atoms with Gasteiger partial charge in [-0.2, -0.15) is 0 Å². The van der Waals surface area contributed by atoms with Crippen LogP contribution in [0.1, 0.15) is 322 Å². The third kappa shape index (κ3) is 49.3. The van der Waals surface area contributed by atoms with Gasteiger partial charge in [0.2, 0.25) is 0 Å². The summed E-state index contributed by atoms with van der Waals surface area (Å²) in [6.07, 6.45) is 65.5. The van der Waals surface area contributed by atoms with Gasteiger partial charge in [-0.3, -0.25) is 0 Å². The summed E-state index contributed by atoms with van der Waals surface area (Å²) >= 11 is 0. The normalized spacial score (nSPS) is 11.4. The summed E-state index contributed by atoms with van der Waals surface area (Å²) in [5.74, 6) is -1.64. The molecule has 4 heteroatoms. The number of esters is 2. The van der Waals surface area contributed by atoms with Crippen molar-refractivity contribution in [3.05, 3.63) is 0 Å². The van der Waals surface area contributed by atoms with Gasteiger partial charge in [0.1, 0.15) is 0 Å². The summed E-state index contributed by atoms with van der Waals surface area (Å²) in [7, 11) is 0. The van der Waals surface area contributed by atoms with Crippen molar-refractivity contribution in [1.82, 2.24) is 0 Å². The monoisotopic (exact) mass is 819 g/mol. The zero-order valence-electron chi connectivity index (χ0n) is 40.0. The standard InChI is InChI=1S/C54H106O4/c1-3-5-7-9-11-13-15-17-19-21-23-25-27-29-31-33-35-37-39-41-43-45-47-49-51-57-53(55)54(56)58-52-50-48-46-44-42-40-38-36-34-32-30-28-26-24-22-20-18-16-14-12-10-8-6-4-2/h3-52H2,1-2H3. The zero-order chi connectivity index (χ0) is 41.9. The first kappa shape index (κ1) is 56.9. The SMILES string of the molecule is CCCCCCCCCCCCCCCCCCCCCCCCCCOC(=O)C(=O)OCCCCCCCCCCCCCCCCCCCCCCCCCC. The fourth-order valence-electron chi connectivity index (χ4n) is 8.58. The van der Waals surface area contributed by atoms with Gasteiger partial charge in [-0.05, 0) is 12.8 Å². The average molecular weight is 819 g/mol. The first-order valence-corrected chi connectivity index (χ1v) is 27.1. The number of unbranched alkanes of at least 4 members (excludes halogenated alkanes) is 46. The van der Waals surface area contributed by atoms with E-state index >= 15 is 0 Å². The van der Waals surface area contributed by atoms with E-state index in [2.05, 4.69) is 13.8 Å². The second kappa shape index (κ2) is 52.1. The zero-order valence-corrected chi connectivity index (χ0v) is 40.0. The van der Waals surface area contributed by atoms with Gasteiger partial charge in [0.05, 0.1) is 13.2 Å². The van der Waals surface area contributed by atoms with Gasteiger partial charge in [0.15, 0.2) is 0 Å². The van der Waals surface area contributed by atoms with Crippen LogP contribution < -0.4 is 0 Å². The summed E-state index contributed by atoms with van der Waals surface area (Å²) in [5, 5.41) is 0. The fourth-order valence-corrected chi connectivity index (χ4v) is 8.58. The minimum absolute atomic E-state index is 0.326. The van der Waals surface area contributed by atoms with E-state index in [0.717, 1.165) is 25.7 Å². The summed E-state index contributed by atoms with van der Waals surface area (Å²) in [6.45, 7) is 5.25. The Labute approximate surface area is 365 Å². The predicted molar refractivity (Wildman–Crippen MR) is 255 cm³/mol. The van der Waals surface area contributed by atoms with Crippen molar-refractivity contribution in [2.75, 3.05) is 13.2 Å². The van der Waals surface area contributed by atoms with Crippen LogP contribution >= 0.6 is 0 Å². The van der Waals surface area contributed by atoms with E-state index in [-0.39, 0.29) is 0 Å². The van der Waals surface area contributed by atoms with Crippen LogP contribution in [0.4, 0.5) is 0 Å². The summed E-state index contributed by atoms with van der Waals surface area (Å²) < 4.78 is 10.3. The maximum atomic E-state index is 11.9. The van der Waals surface area contributed by atoms with Crippen molar-refractivity contribution in [1.29, 1.82) is 0 Å². The highest BCUT2D eigenvalue weighted by atomic mass is 16.6. The summed E-state index contributed by atoms with van der Waals surface area (Å²) in [4.78, 5) is 23.9. The molecule has 0 saturated carbocycles. The maximum absolute atomic E-state index is 11.9. The molecule has 0 rings (SSSR count). The molecular formula is C54H106O4. The van der Waals surface area contributed by atoms with E-state index in [1.807, 2.05) is 0 Å². The lowest BCUT2D eigenvalue weighted by Crippen LogP contribution is -2.21. The van der Waals surface area contributed by atoms with Gasteiger partial charge < -0.3 is 9.47 Å². The first-order chi connectivity index (χ1) is 28.7. The summed E-state index contributed by atoms with van der Waals surface area (Å²) in [5.41, 5.74) is 0. The van der Waals surface area contributed by atoms with Crippen LogP contribution in [-0.4, -0.2) is 25.2 Å². The molecule has 346 valence electrons. The van der Waals surface area contributed by atoms with Crippen molar-refractivity contribution in [3.63, 3.8) is 0 Å². The fraction of sp³-hybridized carbons (Fsp3) is 0.963. The smallest absolute Gasteiger partial charge is 0.417 e. The quantitative estimate of drug-likeness (QED) is 0.0349. The van der Waals surface area contributed by atoms with Crippen LogP contribution in [0.2, 0.25) is 0 Å². The Morgan fingerprint density at radius 2 is 0.328 bits per heavy atom. The molecule has 0 aliphatic rings. The first-order valence-electron chi connectivity index (χ1n) is 27.1.